The molecular formula is C16H17N. The molecule has 1 aromatic carbocycles. The van der Waals surface area contributed by atoms with Crippen LogP contribution in [0.25, 0.3) is 5.57 Å². The van der Waals surface area contributed by atoms with Crippen molar-refractivity contribution in [3.8, 4) is 0 Å². The molecule has 1 aliphatic heterocycles. The Morgan fingerprint density at radius 3 is 2.88 bits per heavy atom. The summed E-state index contributed by atoms with van der Waals surface area (Å²) in [6.45, 7) is 5.87. The number of nitrogens with one attached hydrogen (secondary N) is 1. The monoisotopic (exact) mass is 223 g/mol. The molecule has 1 heteroatoms. The predicted molar refractivity (Wildman–Crippen MR) is 74.4 cm³/mol. The average molecular weight is 223 g/mol. The highest BCUT2D eigenvalue weighted by Gasteiger charge is 2.08. The Labute approximate surface area is 103 Å². The topological polar surface area (TPSA) is 12.0 Å². The van der Waals surface area contributed by atoms with Crippen LogP contribution in [0.4, 0.5) is 0 Å². The first-order chi connectivity index (χ1) is 8.35. The maximum absolute atomic E-state index is 3.84. The lowest BCUT2D eigenvalue weighted by atomic mass is 9.98. The Bertz CT molecular complexity index is 492. The minimum Gasteiger partial charge on any atom is -0.381 e. The number of dihydropyridines is 1. The molecule has 0 saturated carbocycles. The second kappa shape index (κ2) is 5.35. The Hall–Kier alpha value is -2.02. The first-order valence-electron chi connectivity index (χ1n) is 5.83. The van der Waals surface area contributed by atoms with E-state index in [1.54, 1.807) is 0 Å². The maximum atomic E-state index is 3.84. The molecule has 2 rings (SSSR count). The van der Waals surface area contributed by atoms with Crippen molar-refractivity contribution in [3.05, 3.63) is 78.6 Å². The first kappa shape index (κ1) is 11.5. The minimum atomic E-state index is 0.267. The highest BCUT2D eigenvalue weighted by atomic mass is 14.9. The smallest absolute Gasteiger partial charge is 0.0695 e. The fraction of sp³-hybridized carbons (Fsp3) is 0.125. The quantitative estimate of drug-likeness (QED) is 0.764. The van der Waals surface area contributed by atoms with E-state index in [0.717, 1.165) is 0 Å². The van der Waals surface area contributed by atoms with Gasteiger partial charge < -0.3 is 5.32 Å². The van der Waals surface area contributed by atoms with Gasteiger partial charge in [0.15, 0.2) is 0 Å². The lowest BCUT2D eigenvalue weighted by Gasteiger charge is -2.17. The van der Waals surface area contributed by atoms with E-state index in [4.69, 9.17) is 0 Å². The van der Waals surface area contributed by atoms with E-state index in [1.165, 1.54) is 16.7 Å². The van der Waals surface area contributed by atoms with Gasteiger partial charge in [-0.05, 0) is 42.0 Å². The third-order valence-electron chi connectivity index (χ3n) is 2.90. The molecule has 0 fully saturated rings. The zero-order chi connectivity index (χ0) is 12.1. The molecule has 0 amide bonds. The van der Waals surface area contributed by atoms with E-state index in [0.29, 0.717) is 0 Å². The van der Waals surface area contributed by atoms with Crippen molar-refractivity contribution >= 4 is 5.57 Å². The molecular weight excluding hydrogens is 206 g/mol. The molecule has 1 atom stereocenters. The van der Waals surface area contributed by atoms with Gasteiger partial charge in [0.05, 0.1) is 6.04 Å². The fourth-order valence-corrected chi connectivity index (χ4v) is 1.97. The zero-order valence-corrected chi connectivity index (χ0v) is 10.1. The molecule has 0 aromatic heterocycles. The predicted octanol–water partition coefficient (Wildman–Crippen LogP) is 3.99. The summed E-state index contributed by atoms with van der Waals surface area (Å²) in [5, 5.41) is 3.32. The molecule has 1 aromatic rings. The number of hydrogen-bond donors (Lipinski definition) is 1. The van der Waals surface area contributed by atoms with Gasteiger partial charge in [-0.15, -0.1) is 0 Å². The van der Waals surface area contributed by atoms with Gasteiger partial charge in [-0.1, -0.05) is 49.1 Å². The molecule has 0 aliphatic carbocycles. The van der Waals surface area contributed by atoms with Crippen LogP contribution >= 0.6 is 0 Å². The zero-order valence-electron chi connectivity index (χ0n) is 10.1. The van der Waals surface area contributed by atoms with Gasteiger partial charge in [0.2, 0.25) is 0 Å². The van der Waals surface area contributed by atoms with Crippen LogP contribution in [0, 0.1) is 0 Å². The fourth-order valence-electron chi connectivity index (χ4n) is 1.97. The van der Waals surface area contributed by atoms with Crippen LogP contribution in [0.5, 0.6) is 0 Å². The molecule has 0 saturated heterocycles. The van der Waals surface area contributed by atoms with Crippen LogP contribution in [0.1, 0.15) is 24.1 Å². The Morgan fingerprint density at radius 1 is 1.35 bits per heavy atom. The number of benzene rings is 1. The maximum Gasteiger partial charge on any atom is 0.0695 e. The van der Waals surface area contributed by atoms with Crippen molar-refractivity contribution in [2.24, 2.45) is 0 Å². The average Bonchev–Trinajstić information content (AvgIpc) is 2.42. The lowest BCUT2D eigenvalue weighted by molar-refractivity contribution is 0.746. The third-order valence-corrected chi connectivity index (χ3v) is 2.90. The Balaban J connectivity index is 2.31. The van der Waals surface area contributed by atoms with E-state index in [1.807, 2.05) is 25.3 Å². The lowest BCUT2D eigenvalue weighted by Crippen LogP contribution is -2.14. The number of rotatable bonds is 3. The summed E-state index contributed by atoms with van der Waals surface area (Å²) < 4.78 is 0. The van der Waals surface area contributed by atoms with Gasteiger partial charge in [0.1, 0.15) is 0 Å². The summed E-state index contributed by atoms with van der Waals surface area (Å²) in [4.78, 5) is 0. The van der Waals surface area contributed by atoms with Crippen LogP contribution in [0.3, 0.4) is 0 Å². The normalized spacial score (nSPS) is 18.9. The van der Waals surface area contributed by atoms with Gasteiger partial charge in [-0.3, -0.25) is 0 Å². The number of allylic oxidation sites excluding steroid dienone is 5. The molecule has 86 valence electrons. The van der Waals surface area contributed by atoms with Crippen LogP contribution in [-0.4, -0.2) is 0 Å². The Kier molecular flexibility index (Phi) is 3.61. The molecule has 17 heavy (non-hydrogen) atoms. The summed E-state index contributed by atoms with van der Waals surface area (Å²) in [5.74, 6) is 0. The van der Waals surface area contributed by atoms with Crippen molar-refractivity contribution in [2.75, 3.05) is 0 Å². The van der Waals surface area contributed by atoms with Crippen LogP contribution < -0.4 is 5.32 Å². The second-order valence-electron chi connectivity index (χ2n) is 3.96. The second-order valence-corrected chi connectivity index (χ2v) is 3.96. The molecule has 1 aliphatic rings. The summed E-state index contributed by atoms with van der Waals surface area (Å²) in [6, 6.07) is 8.82. The minimum absolute atomic E-state index is 0.267. The summed E-state index contributed by atoms with van der Waals surface area (Å²) in [5.41, 5.74) is 3.65. The summed E-state index contributed by atoms with van der Waals surface area (Å²) in [7, 11) is 0. The molecule has 0 spiro atoms. The van der Waals surface area contributed by atoms with Crippen molar-refractivity contribution < 1.29 is 0 Å². The SMILES string of the molecule is C=C/C(=C\C)c1cccc(C2C=CC=CN2)c1. The van der Waals surface area contributed by atoms with Gasteiger partial charge in [0.25, 0.3) is 0 Å². The largest absolute Gasteiger partial charge is 0.381 e. The van der Waals surface area contributed by atoms with Gasteiger partial charge in [0, 0.05) is 0 Å². The van der Waals surface area contributed by atoms with E-state index in [-0.39, 0.29) is 6.04 Å². The molecule has 0 radical (unpaired) electrons. The van der Waals surface area contributed by atoms with Gasteiger partial charge in [-0.2, -0.15) is 0 Å². The van der Waals surface area contributed by atoms with Crippen molar-refractivity contribution in [1.82, 2.24) is 5.32 Å². The van der Waals surface area contributed by atoms with E-state index < -0.39 is 0 Å². The van der Waals surface area contributed by atoms with Crippen molar-refractivity contribution in [1.29, 1.82) is 0 Å². The Morgan fingerprint density at radius 2 is 2.24 bits per heavy atom. The molecule has 0 bridgehead atoms. The highest BCUT2D eigenvalue weighted by Crippen LogP contribution is 2.22. The third kappa shape index (κ3) is 2.56. The van der Waals surface area contributed by atoms with E-state index in [9.17, 15) is 0 Å². The molecule has 1 N–H and O–H groups in total. The van der Waals surface area contributed by atoms with Gasteiger partial charge in [-0.25, -0.2) is 0 Å². The highest BCUT2D eigenvalue weighted by molar-refractivity contribution is 5.73. The van der Waals surface area contributed by atoms with Crippen LogP contribution in [-0.2, 0) is 0 Å². The molecule has 1 heterocycles. The molecule has 1 unspecified atom stereocenters. The van der Waals surface area contributed by atoms with Crippen molar-refractivity contribution in [3.63, 3.8) is 0 Å². The van der Waals surface area contributed by atoms with E-state index >= 15 is 0 Å². The van der Waals surface area contributed by atoms with Crippen LogP contribution in [0.15, 0.2) is 67.4 Å². The van der Waals surface area contributed by atoms with Crippen molar-refractivity contribution in [2.45, 2.75) is 13.0 Å². The first-order valence-corrected chi connectivity index (χ1v) is 5.83. The van der Waals surface area contributed by atoms with Crippen LogP contribution in [0.2, 0.25) is 0 Å². The van der Waals surface area contributed by atoms with E-state index in [2.05, 4.69) is 54.4 Å². The standard InChI is InChI=1S/C16H17N/c1-3-13(4-2)14-8-7-9-15(12-14)16-10-5-6-11-17-16/h3-12,16-17H,1H2,2H3/b13-4+. The van der Waals surface area contributed by atoms with Gasteiger partial charge >= 0.3 is 0 Å². The summed E-state index contributed by atoms with van der Waals surface area (Å²) >= 11 is 0. The molecule has 1 nitrogen and oxygen atoms in total. The summed E-state index contributed by atoms with van der Waals surface area (Å²) in [6.07, 6.45) is 12.2. The number of hydrogen-bond acceptors (Lipinski definition) is 1.